The van der Waals surface area contributed by atoms with E-state index < -0.39 is 40.1 Å². The maximum absolute atomic E-state index is 13.5. The summed E-state index contributed by atoms with van der Waals surface area (Å²) in [7, 11) is 0. The summed E-state index contributed by atoms with van der Waals surface area (Å²) >= 11 is 0. The fraction of sp³-hybridized carbons (Fsp3) is 0.381. The summed E-state index contributed by atoms with van der Waals surface area (Å²) in [6, 6.07) is 6.85. The molecule has 4 N–H and O–H groups in total. The van der Waals surface area contributed by atoms with Gasteiger partial charge in [-0.2, -0.15) is 0 Å². The Morgan fingerprint density at radius 2 is 1.24 bits per heavy atom. The third-order valence-electron chi connectivity index (χ3n) is 5.84. The van der Waals surface area contributed by atoms with Gasteiger partial charge in [-0.05, 0) is 44.2 Å². The number of rotatable bonds is 3. The summed E-state index contributed by atoms with van der Waals surface area (Å²) in [5.41, 5.74) is 10.4. The molecule has 0 radical (unpaired) electrons. The SMILES string of the molecule is Cl.NC(=O)C1(c2ccc(F)cc2F)CCC1.NC1(c2ccc(F)cc2F)CCC1. The zero-order chi connectivity index (χ0) is 20.5. The molecule has 29 heavy (non-hydrogen) atoms. The minimum absolute atomic E-state index is 0. The highest BCUT2D eigenvalue weighted by Gasteiger charge is 2.45. The second kappa shape index (κ2) is 8.71. The lowest BCUT2D eigenvalue weighted by Gasteiger charge is -2.39. The first-order valence-electron chi connectivity index (χ1n) is 9.18. The van der Waals surface area contributed by atoms with Crippen LogP contribution in [0.5, 0.6) is 0 Å². The first-order valence-corrected chi connectivity index (χ1v) is 9.18. The van der Waals surface area contributed by atoms with Crippen molar-refractivity contribution in [2.75, 3.05) is 0 Å². The Morgan fingerprint density at radius 3 is 1.55 bits per heavy atom. The standard InChI is InChI=1S/C11H11F2NO.C10H11F2N.ClH/c12-7-2-3-8(9(13)6-7)11(10(14)15)4-1-5-11;11-7-2-3-8(9(12)6-7)10(13)4-1-5-10;/h2-3,6H,1,4-5H2,(H2,14,15);2-3,6H,1,4-5,13H2;1H. The predicted octanol–water partition coefficient (Wildman–Crippen LogP) is 4.60. The van der Waals surface area contributed by atoms with Gasteiger partial charge in [0.05, 0.1) is 5.41 Å². The Hall–Kier alpha value is -2.12. The van der Waals surface area contributed by atoms with Crippen molar-refractivity contribution in [1.82, 2.24) is 0 Å². The van der Waals surface area contributed by atoms with E-state index in [0.29, 0.717) is 18.4 Å². The van der Waals surface area contributed by atoms with Gasteiger partial charge in [-0.15, -0.1) is 12.4 Å². The van der Waals surface area contributed by atoms with Crippen LogP contribution in [0.1, 0.15) is 49.7 Å². The van der Waals surface area contributed by atoms with E-state index >= 15 is 0 Å². The highest BCUT2D eigenvalue weighted by atomic mass is 35.5. The first kappa shape index (κ1) is 23.2. The molecule has 0 spiro atoms. The summed E-state index contributed by atoms with van der Waals surface area (Å²) < 4.78 is 52.0. The molecule has 2 saturated carbocycles. The maximum atomic E-state index is 13.5. The highest BCUT2D eigenvalue weighted by Crippen LogP contribution is 2.44. The van der Waals surface area contributed by atoms with Gasteiger partial charge in [-0.25, -0.2) is 17.6 Å². The van der Waals surface area contributed by atoms with E-state index in [1.165, 1.54) is 18.2 Å². The molecule has 2 aromatic rings. The maximum Gasteiger partial charge on any atom is 0.228 e. The molecule has 0 heterocycles. The van der Waals surface area contributed by atoms with E-state index in [2.05, 4.69) is 0 Å². The average molecular weight is 431 g/mol. The summed E-state index contributed by atoms with van der Waals surface area (Å²) in [5.74, 6) is -2.94. The number of hydrogen-bond acceptors (Lipinski definition) is 2. The third-order valence-corrected chi connectivity index (χ3v) is 5.84. The molecule has 0 saturated heterocycles. The smallest absolute Gasteiger partial charge is 0.228 e. The molecule has 4 rings (SSSR count). The van der Waals surface area contributed by atoms with Gasteiger partial charge in [-0.1, -0.05) is 18.6 Å². The van der Waals surface area contributed by atoms with Crippen LogP contribution in [0, 0.1) is 23.3 Å². The third kappa shape index (κ3) is 4.41. The summed E-state index contributed by atoms with van der Waals surface area (Å²) in [4.78, 5) is 11.3. The normalized spacial score (nSPS) is 18.2. The predicted molar refractivity (Wildman–Crippen MR) is 104 cm³/mol. The van der Waals surface area contributed by atoms with Crippen molar-refractivity contribution >= 4 is 18.3 Å². The van der Waals surface area contributed by atoms with Crippen LogP contribution in [0.3, 0.4) is 0 Å². The van der Waals surface area contributed by atoms with Crippen LogP contribution in [0.4, 0.5) is 17.6 Å². The molecule has 0 bridgehead atoms. The Morgan fingerprint density at radius 1 is 0.793 bits per heavy atom. The number of carbonyl (C=O) groups excluding carboxylic acids is 1. The largest absolute Gasteiger partial charge is 0.369 e. The van der Waals surface area contributed by atoms with Crippen LogP contribution in [0.25, 0.3) is 0 Å². The van der Waals surface area contributed by atoms with E-state index in [1.54, 1.807) is 0 Å². The Labute approximate surface area is 172 Å². The van der Waals surface area contributed by atoms with E-state index in [4.69, 9.17) is 11.5 Å². The highest BCUT2D eigenvalue weighted by molar-refractivity contribution is 5.87. The van der Waals surface area contributed by atoms with Gasteiger partial charge < -0.3 is 11.5 Å². The fourth-order valence-electron chi connectivity index (χ4n) is 3.78. The molecule has 2 aromatic carbocycles. The van der Waals surface area contributed by atoms with Crippen molar-refractivity contribution < 1.29 is 22.4 Å². The van der Waals surface area contributed by atoms with Gasteiger partial charge in [-0.3, -0.25) is 4.79 Å². The molecule has 0 unspecified atom stereocenters. The molecule has 8 heteroatoms. The molecule has 1 amide bonds. The quantitative estimate of drug-likeness (QED) is 0.699. The number of carbonyl (C=O) groups is 1. The lowest BCUT2D eigenvalue weighted by atomic mass is 9.64. The van der Waals surface area contributed by atoms with E-state index in [1.807, 2.05) is 0 Å². The Bertz CT molecular complexity index is 898. The molecular formula is C21H23ClF4N2O. The lowest BCUT2D eigenvalue weighted by Crippen LogP contribution is -2.47. The van der Waals surface area contributed by atoms with Crippen molar-refractivity contribution in [3.8, 4) is 0 Å². The molecule has 3 nitrogen and oxygen atoms in total. The Kier molecular flexibility index (Phi) is 6.96. The molecular weight excluding hydrogens is 408 g/mol. The molecule has 0 aromatic heterocycles. The number of primary amides is 1. The zero-order valence-electron chi connectivity index (χ0n) is 15.7. The monoisotopic (exact) mass is 430 g/mol. The molecule has 0 aliphatic heterocycles. The molecule has 158 valence electrons. The zero-order valence-corrected chi connectivity index (χ0v) is 16.5. The first-order chi connectivity index (χ1) is 13.2. The molecule has 2 aliphatic carbocycles. The van der Waals surface area contributed by atoms with Crippen LogP contribution in [0.2, 0.25) is 0 Å². The van der Waals surface area contributed by atoms with Gasteiger partial charge in [0.15, 0.2) is 0 Å². The van der Waals surface area contributed by atoms with Crippen molar-refractivity contribution in [2.24, 2.45) is 11.5 Å². The lowest BCUT2D eigenvalue weighted by molar-refractivity contribution is -0.126. The van der Waals surface area contributed by atoms with E-state index in [0.717, 1.165) is 43.9 Å². The second-order valence-electron chi connectivity index (χ2n) is 7.56. The van der Waals surface area contributed by atoms with Gasteiger partial charge >= 0.3 is 0 Å². The van der Waals surface area contributed by atoms with Crippen molar-refractivity contribution in [1.29, 1.82) is 0 Å². The average Bonchev–Trinajstić information content (AvgIpc) is 2.54. The van der Waals surface area contributed by atoms with Crippen LogP contribution in [0.15, 0.2) is 36.4 Å². The number of benzene rings is 2. The molecule has 2 fully saturated rings. The second-order valence-corrected chi connectivity index (χ2v) is 7.56. The van der Waals surface area contributed by atoms with Gasteiger partial charge in [0.1, 0.15) is 23.3 Å². The summed E-state index contributed by atoms with van der Waals surface area (Å²) in [6.45, 7) is 0. The number of hydrogen-bond donors (Lipinski definition) is 2. The topological polar surface area (TPSA) is 69.1 Å². The molecule has 2 aliphatic rings. The minimum Gasteiger partial charge on any atom is -0.369 e. The number of halogens is 5. The summed E-state index contributed by atoms with van der Waals surface area (Å²) in [6.07, 6.45) is 4.54. The van der Waals surface area contributed by atoms with Crippen molar-refractivity contribution in [2.45, 2.75) is 49.5 Å². The van der Waals surface area contributed by atoms with Gasteiger partial charge in [0.25, 0.3) is 0 Å². The molecule has 0 atom stereocenters. The van der Waals surface area contributed by atoms with Crippen LogP contribution < -0.4 is 11.5 Å². The van der Waals surface area contributed by atoms with Crippen molar-refractivity contribution in [3.63, 3.8) is 0 Å². The fourth-order valence-corrected chi connectivity index (χ4v) is 3.78. The minimum atomic E-state index is -0.905. The van der Waals surface area contributed by atoms with Gasteiger partial charge in [0, 0.05) is 28.8 Å². The Balaban J connectivity index is 0.000000202. The van der Waals surface area contributed by atoms with E-state index in [9.17, 15) is 22.4 Å². The van der Waals surface area contributed by atoms with E-state index in [-0.39, 0.29) is 18.0 Å². The number of amides is 1. The van der Waals surface area contributed by atoms with Crippen molar-refractivity contribution in [3.05, 3.63) is 70.8 Å². The van der Waals surface area contributed by atoms with Crippen LogP contribution >= 0.6 is 12.4 Å². The van der Waals surface area contributed by atoms with Gasteiger partial charge in [0.2, 0.25) is 5.91 Å². The van der Waals surface area contributed by atoms with Crippen LogP contribution in [-0.2, 0) is 15.7 Å². The van der Waals surface area contributed by atoms with Crippen LogP contribution in [-0.4, -0.2) is 5.91 Å². The summed E-state index contributed by atoms with van der Waals surface area (Å²) in [5, 5.41) is 0. The number of nitrogens with two attached hydrogens (primary N) is 2.